The summed E-state index contributed by atoms with van der Waals surface area (Å²) in [6, 6.07) is 6.21. The van der Waals surface area contributed by atoms with Gasteiger partial charge in [-0.1, -0.05) is 24.3 Å². The van der Waals surface area contributed by atoms with Crippen LogP contribution in [0.3, 0.4) is 0 Å². The molecule has 4 unspecified atom stereocenters. The monoisotopic (exact) mass is 410 g/mol. The molecule has 1 aromatic rings. The molecular weight excluding hydrogens is 388 g/mol. The van der Waals surface area contributed by atoms with Gasteiger partial charge in [-0.3, -0.25) is 9.59 Å². The van der Waals surface area contributed by atoms with Crippen molar-refractivity contribution in [2.24, 2.45) is 17.8 Å². The van der Waals surface area contributed by atoms with E-state index in [1.54, 1.807) is 19.1 Å². The van der Waals surface area contributed by atoms with Crippen LogP contribution in [-0.2, 0) is 35.1 Å². The zero-order valence-corrected chi connectivity index (χ0v) is 16.5. The molecule has 0 bridgehead atoms. The summed E-state index contributed by atoms with van der Waals surface area (Å²) in [7, 11) is 0. The Morgan fingerprint density at radius 1 is 1.23 bits per heavy atom. The van der Waals surface area contributed by atoms with E-state index in [4.69, 9.17) is 9.47 Å². The summed E-state index contributed by atoms with van der Waals surface area (Å²) in [6.45, 7) is 5.63. The topological polar surface area (TPSA) is 107 Å². The highest BCUT2D eigenvalue weighted by molar-refractivity contribution is 6.02. The first-order valence-corrected chi connectivity index (χ1v) is 9.85. The van der Waals surface area contributed by atoms with Gasteiger partial charge in [0.1, 0.15) is 24.2 Å². The van der Waals surface area contributed by atoms with Gasteiger partial charge in [0.2, 0.25) is 0 Å². The summed E-state index contributed by atoms with van der Waals surface area (Å²) in [5, 5.41) is 9.38. The Hall–Kier alpha value is -3.22. The molecule has 0 spiro atoms. The van der Waals surface area contributed by atoms with E-state index in [1.165, 1.54) is 12.1 Å². The number of phenols is 1. The second-order valence-corrected chi connectivity index (χ2v) is 8.14. The summed E-state index contributed by atoms with van der Waals surface area (Å²) < 4.78 is 11.3. The first kappa shape index (κ1) is 20.1. The van der Waals surface area contributed by atoms with Crippen molar-refractivity contribution in [2.75, 3.05) is 0 Å². The van der Waals surface area contributed by atoms with Gasteiger partial charge in [0.15, 0.2) is 5.78 Å². The number of ketones is 1. The molecule has 1 saturated heterocycles. The van der Waals surface area contributed by atoms with Crippen LogP contribution in [0.25, 0.3) is 0 Å². The minimum Gasteiger partial charge on any atom is -0.508 e. The molecule has 5 atom stereocenters. The number of benzene rings is 1. The predicted octanol–water partition coefficient (Wildman–Crippen LogP) is 2.07. The Morgan fingerprint density at radius 3 is 2.60 bits per heavy atom. The quantitative estimate of drug-likeness (QED) is 0.460. The second-order valence-electron chi connectivity index (χ2n) is 8.14. The third-order valence-corrected chi connectivity index (χ3v) is 6.24. The summed E-state index contributed by atoms with van der Waals surface area (Å²) in [5.41, 5.74) is 2.13. The third-order valence-electron chi connectivity index (χ3n) is 6.24. The van der Waals surface area contributed by atoms with E-state index in [9.17, 15) is 24.3 Å². The lowest BCUT2D eigenvalue weighted by Crippen LogP contribution is -2.37. The minimum atomic E-state index is -0.759. The maximum Gasteiger partial charge on any atom is 0.334 e. The van der Waals surface area contributed by atoms with E-state index in [0.717, 1.165) is 11.9 Å². The molecule has 0 radical (unpaired) electrons. The van der Waals surface area contributed by atoms with Crippen LogP contribution in [0.5, 0.6) is 5.75 Å². The number of hydrogen-bond donors (Lipinski definition) is 1. The molecule has 1 heterocycles. The van der Waals surface area contributed by atoms with Crippen LogP contribution in [0.2, 0.25) is 0 Å². The van der Waals surface area contributed by atoms with Crippen molar-refractivity contribution in [1.29, 1.82) is 0 Å². The molecule has 7 heteroatoms. The van der Waals surface area contributed by atoms with Gasteiger partial charge in [-0.15, -0.1) is 0 Å². The Bertz CT molecular complexity index is 972. The average Bonchev–Trinajstić information content (AvgIpc) is 3.15. The van der Waals surface area contributed by atoms with Crippen molar-refractivity contribution in [3.8, 4) is 5.75 Å². The number of aldehydes is 1. The molecule has 4 rings (SSSR count). The highest BCUT2D eigenvalue weighted by Crippen LogP contribution is 2.49. The van der Waals surface area contributed by atoms with Gasteiger partial charge in [-0.25, -0.2) is 4.79 Å². The first-order chi connectivity index (χ1) is 14.3. The van der Waals surface area contributed by atoms with Gasteiger partial charge in [-0.2, -0.15) is 0 Å². The van der Waals surface area contributed by atoms with E-state index >= 15 is 0 Å². The predicted molar refractivity (Wildman–Crippen MR) is 104 cm³/mol. The fraction of sp³-hybridized carbons (Fsp3) is 0.391. The van der Waals surface area contributed by atoms with Gasteiger partial charge in [0, 0.05) is 35.8 Å². The van der Waals surface area contributed by atoms with Crippen LogP contribution in [0.1, 0.15) is 25.3 Å². The number of Topliss-reactive ketones (excluding diaryl/α,β-unsaturated/α-hetero) is 1. The molecule has 1 saturated carbocycles. The zero-order valence-electron chi connectivity index (χ0n) is 16.5. The lowest BCUT2D eigenvalue weighted by Gasteiger charge is -2.28. The Balaban J connectivity index is 1.63. The molecule has 2 aliphatic carbocycles. The fourth-order valence-corrected chi connectivity index (χ4v) is 4.90. The smallest absolute Gasteiger partial charge is 0.334 e. The van der Waals surface area contributed by atoms with Crippen molar-refractivity contribution in [3.63, 3.8) is 0 Å². The van der Waals surface area contributed by atoms with Crippen LogP contribution in [0.4, 0.5) is 0 Å². The number of carbonyl (C=O) groups is 4. The number of phenolic OH excluding ortho intramolecular Hbond substituents is 1. The molecule has 1 N–H and O–H groups in total. The number of hydrogen-bond acceptors (Lipinski definition) is 7. The second kappa shape index (κ2) is 7.55. The molecule has 30 heavy (non-hydrogen) atoms. The average molecular weight is 410 g/mol. The lowest BCUT2D eigenvalue weighted by atomic mass is 9.80. The van der Waals surface area contributed by atoms with Crippen LogP contribution in [0, 0.1) is 17.8 Å². The molecule has 3 aliphatic rings. The summed E-state index contributed by atoms with van der Waals surface area (Å²) in [4.78, 5) is 49.1. The Morgan fingerprint density at radius 2 is 1.93 bits per heavy atom. The molecule has 156 valence electrons. The van der Waals surface area contributed by atoms with Crippen LogP contribution < -0.4 is 0 Å². The number of carbonyl (C=O) groups excluding carboxylic acids is 4. The van der Waals surface area contributed by atoms with E-state index in [-0.39, 0.29) is 36.4 Å². The van der Waals surface area contributed by atoms with Crippen molar-refractivity contribution >= 4 is 24.0 Å². The van der Waals surface area contributed by atoms with Gasteiger partial charge < -0.3 is 19.4 Å². The first-order valence-electron chi connectivity index (χ1n) is 9.85. The van der Waals surface area contributed by atoms with Crippen molar-refractivity contribution in [1.82, 2.24) is 0 Å². The molecule has 0 amide bonds. The molecule has 1 aliphatic heterocycles. The molecule has 1 aromatic carbocycles. The van der Waals surface area contributed by atoms with E-state index in [1.807, 2.05) is 0 Å². The van der Waals surface area contributed by atoms with Crippen LogP contribution >= 0.6 is 0 Å². The van der Waals surface area contributed by atoms with Crippen molar-refractivity contribution < 1.29 is 33.8 Å². The van der Waals surface area contributed by atoms with Crippen molar-refractivity contribution in [2.45, 2.75) is 38.4 Å². The molecular formula is C23H22O7. The Labute approximate surface area is 173 Å². The summed E-state index contributed by atoms with van der Waals surface area (Å²) >= 11 is 0. The van der Waals surface area contributed by atoms with E-state index in [2.05, 4.69) is 6.58 Å². The van der Waals surface area contributed by atoms with Crippen molar-refractivity contribution in [3.05, 3.63) is 53.1 Å². The number of aromatic hydroxyl groups is 1. The van der Waals surface area contributed by atoms with E-state index in [0.29, 0.717) is 11.1 Å². The maximum atomic E-state index is 12.6. The highest BCUT2D eigenvalue weighted by atomic mass is 16.6. The highest BCUT2D eigenvalue weighted by Gasteiger charge is 2.56. The van der Waals surface area contributed by atoms with E-state index < -0.39 is 41.9 Å². The van der Waals surface area contributed by atoms with Crippen LogP contribution in [-0.4, -0.2) is 41.3 Å². The van der Waals surface area contributed by atoms with Crippen LogP contribution in [0.15, 0.2) is 47.6 Å². The minimum absolute atomic E-state index is 0.00954. The number of esters is 2. The fourth-order valence-electron chi connectivity index (χ4n) is 4.90. The molecule has 0 aromatic heterocycles. The van der Waals surface area contributed by atoms with Gasteiger partial charge in [-0.05, 0) is 24.6 Å². The normalized spacial score (nSPS) is 30.4. The standard InChI is InChI=1S/C23H22O7/c1-11-7-17(29-18(27)8-13-3-5-15(25)6-4-13)20-12(2)23(28)30-22(20)21-14(10-24)9-16(26)19(11)21/h3-6,10,14,17,20-22,25H,2,7-9H2,1H3/t14?,17?,20-,21?,22?/m1/s1. The molecule has 7 nitrogen and oxygen atoms in total. The summed E-state index contributed by atoms with van der Waals surface area (Å²) in [5.74, 6) is -2.85. The maximum absolute atomic E-state index is 12.6. The SMILES string of the molecule is C=C1C(=O)OC2C3C(=C(C)CC(OC(=O)Cc4ccc(O)cc4)[C@@H]12)C(=O)CC3C=O. The lowest BCUT2D eigenvalue weighted by molar-refractivity contribution is -0.152. The third kappa shape index (κ3) is 3.34. The number of fused-ring (bicyclic) bond motifs is 3. The largest absolute Gasteiger partial charge is 0.508 e. The number of ether oxygens (including phenoxy) is 2. The zero-order chi connectivity index (χ0) is 21.6. The molecule has 2 fully saturated rings. The Kier molecular flexibility index (Phi) is 5.05. The summed E-state index contributed by atoms with van der Waals surface area (Å²) in [6.07, 6.45) is -0.390. The van der Waals surface area contributed by atoms with Gasteiger partial charge in [0.25, 0.3) is 0 Å². The van der Waals surface area contributed by atoms with Gasteiger partial charge >= 0.3 is 11.9 Å². The van der Waals surface area contributed by atoms with Gasteiger partial charge in [0.05, 0.1) is 12.3 Å². The number of rotatable bonds is 4.